The van der Waals surface area contributed by atoms with Crippen molar-refractivity contribution in [1.29, 1.82) is 0 Å². The number of rotatable bonds is 7. The maximum atomic E-state index is 2.49. The lowest BCUT2D eigenvalue weighted by molar-refractivity contribution is 0.660. The molecule has 0 fully saturated rings. The van der Waals surface area contributed by atoms with E-state index < -0.39 is 5.41 Å². The van der Waals surface area contributed by atoms with Crippen LogP contribution in [0.15, 0.2) is 224 Å². The fourth-order valence-electron chi connectivity index (χ4n) is 10.2. The summed E-state index contributed by atoms with van der Waals surface area (Å²) in [6.07, 6.45) is 0. The molecular weight excluding hydrogens is 711 g/mol. The molecule has 1 atom stereocenters. The summed E-state index contributed by atoms with van der Waals surface area (Å²) < 4.78 is 0. The molecule has 2 aliphatic rings. The van der Waals surface area contributed by atoms with E-state index in [0.29, 0.717) is 0 Å². The minimum atomic E-state index is -0.539. The number of fused-ring (bicyclic) bond motifs is 6. The summed E-state index contributed by atoms with van der Waals surface area (Å²) in [6, 6.07) is 83.0. The second-order valence-electron chi connectivity index (χ2n) is 16.5. The van der Waals surface area contributed by atoms with Crippen LogP contribution in [0.1, 0.15) is 47.2 Å². The first-order chi connectivity index (χ1) is 29.0. The maximum absolute atomic E-state index is 2.49. The highest BCUT2D eigenvalue weighted by molar-refractivity contribution is 5.94. The van der Waals surface area contributed by atoms with E-state index in [9.17, 15) is 0 Å². The third-order valence-electron chi connectivity index (χ3n) is 12.9. The lowest BCUT2D eigenvalue weighted by Gasteiger charge is -2.34. The Morgan fingerprint density at radius 2 is 0.847 bits per heavy atom. The minimum Gasteiger partial charge on any atom is -0.310 e. The zero-order chi connectivity index (χ0) is 39.6. The van der Waals surface area contributed by atoms with Crippen LogP contribution in [0.25, 0.3) is 44.5 Å². The van der Waals surface area contributed by atoms with E-state index in [0.717, 1.165) is 17.1 Å². The Morgan fingerprint density at radius 3 is 1.61 bits per heavy atom. The second-order valence-corrected chi connectivity index (χ2v) is 16.5. The number of benzene rings is 9. The highest BCUT2D eigenvalue weighted by Crippen LogP contribution is 2.58. The van der Waals surface area contributed by atoms with Gasteiger partial charge in [-0.05, 0) is 115 Å². The third-order valence-corrected chi connectivity index (χ3v) is 12.9. The lowest BCUT2D eigenvalue weighted by atomic mass is 9.67. The van der Waals surface area contributed by atoms with Crippen LogP contribution in [0.4, 0.5) is 17.1 Å². The van der Waals surface area contributed by atoms with E-state index in [-0.39, 0.29) is 5.41 Å². The average Bonchev–Trinajstić information content (AvgIpc) is 3.73. The van der Waals surface area contributed by atoms with Gasteiger partial charge in [0, 0.05) is 22.4 Å². The molecule has 0 aromatic heterocycles. The molecule has 0 amide bonds. The Balaban J connectivity index is 1.13. The van der Waals surface area contributed by atoms with Crippen molar-refractivity contribution in [2.45, 2.75) is 24.7 Å². The maximum Gasteiger partial charge on any atom is 0.0713 e. The number of hydrogen-bond acceptors (Lipinski definition) is 1. The number of nitrogens with zero attached hydrogens (tertiary/aromatic N) is 1. The largest absolute Gasteiger partial charge is 0.310 e. The highest BCUT2D eigenvalue weighted by Gasteiger charge is 2.46. The van der Waals surface area contributed by atoms with Crippen molar-refractivity contribution in [2.75, 3.05) is 4.90 Å². The van der Waals surface area contributed by atoms with Crippen molar-refractivity contribution in [3.05, 3.63) is 258 Å². The van der Waals surface area contributed by atoms with Gasteiger partial charge in [-0.3, -0.25) is 0 Å². The molecule has 0 spiro atoms. The molecule has 280 valence electrons. The quantitative estimate of drug-likeness (QED) is 0.157. The number of hydrogen-bond donors (Lipinski definition) is 0. The van der Waals surface area contributed by atoms with E-state index in [1.165, 1.54) is 77.9 Å². The van der Waals surface area contributed by atoms with Crippen molar-refractivity contribution in [3.8, 4) is 44.5 Å². The van der Waals surface area contributed by atoms with Crippen LogP contribution in [0.2, 0.25) is 0 Å². The zero-order valence-corrected chi connectivity index (χ0v) is 33.3. The summed E-state index contributed by atoms with van der Waals surface area (Å²) >= 11 is 0. The molecule has 11 rings (SSSR count). The van der Waals surface area contributed by atoms with Gasteiger partial charge in [0.05, 0.1) is 11.1 Å². The first kappa shape index (κ1) is 35.0. The Bertz CT molecular complexity index is 3020. The van der Waals surface area contributed by atoms with Gasteiger partial charge in [0.25, 0.3) is 0 Å². The molecule has 0 radical (unpaired) electrons. The van der Waals surface area contributed by atoms with Gasteiger partial charge in [-0.2, -0.15) is 0 Å². The van der Waals surface area contributed by atoms with Gasteiger partial charge in [-0.25, -0.2) is 0 Å². The van der Waals surface area contributed by atoms with Gasteiger partial charge in [-0.15, -0.1) is 0 Å². The van der Waals surface area contributed by atoms with E-state index >= 15 is 0 Å². The summed E-state index contributed by atoms with van der Waals surface area (Å²) in [5.41, 5.74) is 20.6. The molecule has 1 heteroatoms. The Labute approximate surface area is 347 Å². The third kappa shape index (κ3) is 5.39. The van der Waals surface area contributed by atoms with Crippen LogP contribution >= 0.6 is 0 Å². The SMILES string of the molecule is CC1(C)c2ccccc2-c2ccc(N(c3ccccc3)c3ccccc3-c3ccc4c(c3)C(c3ccccc3)(c3cccc(-c5ccccc5)c3)c3ccccc3-4)cc21. The topological polar surface area (TPSA) is 3.24 Å². The van der Waals surface area contributed by atoms with Gasteiger partial charge < -0.3 is 4.90 Å². The molecule has 9 aromatic carbocycles. The summed E-state index contributed by atoms with van der Waals surface area (Å²) in [4.78, 5) is 2.45. The fraction of sp³-hybridized carbons (Fsp3) is 0.0690. The summed E-state index contributed by atoms with van der Waals surface area (Å²) in [7, 11) is 0. The second kappa shape index (κ2) is 13.7. The van der Waals surface area contributed by atoms with Crippen LogP contribution in [-0.4, -0.2) is 0 Å². The van der Waals surface area contributed by atoms with Gasteiger partial charge in [0.1, 0.15) is 0 Å². The van der Waals surface area contributed by atoms with E-state index in [2.05, 4.69) is 243 Å². The molecule has 1 unspecified atom stereocenters. The molecule has 1 nitrogen and oxygen atoms in total. The predicted molar refractivity (Wildman–Crippen MR) is 247 cm³/mol. The Kier molecular flexibility index (Phi) is 8.13. The van der Waals surface area contributed by atoms with Crippen LogP contribution in [-0.2, 0) is 10.8 Å². The van der Waals surface area contributed by atoms with Gasteiger partial charge in [-0.1, -0.05) is 196 Å². The zero-order valence-electron chi connectivity index (χ0n) is 33.3. The van der Waals surface area contributed by atoms with E-state index in [1.54, 1.807) is 0 Å². The molecule has 0 saturated heterocycles. The van der Waals surface area contributed by atoms with Crippen molar-refractivity contribution in [1.82, 2.24) is 0 Å². The first-order valence-corrected chi connectivity index (χ1v) is 20.7. The summed E-state index contributed by atoms with van der Waals surface area (Å²) in [6.45, 7) is 4.72. The van der Waals surface area contributed by atoms with Crippen molar-refractivity contribution >= 4 is 17.1 Å². The summed E-state index contributed by atoms with van der Waals surface area (Å²) in [5.74, 6) is 0. The predicted octanol–water partition coefficient (Wildman–Crippen LogP) is 15.2. The Morgan fingerprint density at radius 1 is 0.305 bits per heavy atom. The smallest absolute Gasteiger partial charge is 0.0713 e. The average molecular weight is 754 g/mol. The van der Waals surface area contributed by atoms with E-state index in [4.69, 9.17) is 0 Å². The molecule has 2 aliphatic carbocycles. The van der Waals surface area contributed by atoms with Crippen molar-refractivity contribution in [2.24, 2.45) is 0 Å². The molecule has 0 aliphatic heterocycles. The van der Waals surface area contributed by atoms with Crippen LogP contribution in [0.5, 0.6) is 0 Å². The van der Waals surface area contributed by atoms with Crippen molar-refractivity contribution in [3.63, 3.8) is 0 Å². The van der Waals surface area contributed by atoms with Gasteiger partial charge >= 0.3 is 0 Å². The molecule has 0 N–H and O–H groups in total. The molecule has 0 heterocycles. The Hall–Kier alpha value is -7.22. The number of anilines is 3. The normalized spacial score (nSPS) is 15.5. The molecule has 0 bridgehead atoms. The first-order valence-electron chi connectivity index (χ1n) is 20.7. The molecular formula is C58H43N. The molecule has 0 saturated carbocycles. The van der Waals surface area contributed by atoms with Crippen LogP contribution < -0.4 is 4.90 Å². The number of para-hydroxylation sites is 2. The lowest BCUT2D eigenvalue weighted by Crippen LogP contribution is -2.28. The van der Waals surface area contributed by atoms with Gasteiger partial charge in [0.2, 0.25) is 0 Å². The standard InChI is InChI=1S/C58H43N/c1-57(2)52-30-15-12-28-48(52)50-36-34-46(39-54(50)57)59(45-25-10-5-11-26-45)56-32-17-14-27-47(56)42-33-35-51-49-29-13-16-31-53(49)58(55(51)38-42,43-22-8-4-9-23-43)44-24-18-21-41(37-44)40-19-6-3-7-20-40/h3-39H,1-2H3. The molecule has 59 heavy (non-hydrogen) atoms. The minimum absolute atomic E-state index is 0.114. The van der Waals surface area contributed by atoms with Gasteiger partial charge in [0.15, 0.2) is 0 Å². The van der Waals surface area contributed by atoms with Crippen molar-refractivity contribution < 1.29 is 0 Å². The van der Waals surface area contributed by atoms with Crippen LogP contribution in [0, 0.1) is 0 Å². The molecule has 9 aromatic rings. The van der Waals surface area contributed by atoms with E-state index in [1.807, 2.05) is 0 Å². The fourth-order valence-corrected chi connectivity index (χ4v) is 10.2. The highest BCUT2D eigenvalue weighted by atomic mass is 15.1. The van der Waals surface area contributed by atoms with Crippen LogP contribution in [0.3, 0.4) is 0 Å². The summed E-state index contributed by atoms with van der Waals surface area (Å²) in [5, 5.41) is 0. The monoisotopic (exact) mass is 753 g/mol.